The van der Waals surface area contributed by atoms with Gasteiger partial charge < -0.3 is 19.7 Å². The lowest BCUT2D eigenvalue weighted by Crippen LogP contribution is -2.46. The van der Waals surface area contributed by atoms with Gasteiger partial charge >= 0.3 is 0 Å². The highest BCUT2D eigenvalue weighted by Crippen LogP contribution is 2.31. The van der Waals surface area contributed by atoms with E-state index in [4.69, 9.17) is 9.47 Å². The van der Waals surface area contributed by atoms with Crippen molar-refractivity contribution in [3.8, 4) is 11.5 Å². The summed E-state index contributed by atoms with van der Waals surface area (Å²) >= 11 is 0. The zero-order chi connectivity index (χ0) is 17.8. The van der Waals surface area contributed by atoms with Gasteiger partial charge in [0.2, 0.25) is 0 Å². The smallest absolute Gasteiger partial charge is 0.254 e. The summed E-state index contributed by atoms with van der Waals surface area (Å²) in [4.78, 5) is 18.9. The molecule has 0 unspecified atom stereocenters. The molecule has 1 N–H and O–H groups in total. The molecule has 1 aromatic heterocycles. The minimum Gasteiger partial charge on any atom is -0.486 e. The molecule has 0 saturated heterocycles. The fourth-order valence-corrected chi connectivity index (χ4v) is 2.77. The highest BCUT2D eigenvalue weighted by Gasteiger charge is 2.27. The first kappa shape index (κ1) is 17.1. The fraction of sp³-hybridized carbons (Fsp3) is 0.368. The predicted molar refractivity (Wildman–Crippen MR) is 96.3 cm³/mol. The third-order valence-corrected chi connectivity index (χ3v) is 4.12. The van der Waals surface area contributed by atoms with E-state index in [9.17, 15) is 4.79 Å². The summed E-state index contributed by atoms with van der Waals surface area (Å²) in [7, 11) is 1.78. The number of aromatic nitrogens is 1. The Bertz CT molecular complexity index is 748. The monoisotopic (exact) mass is 341 g/mol. The second kappa shape index (κ2) is 7.42. The highest BCUT2D eigenvalue weighted by molar-refractivity contribution is 5.95. The van der Waals surface area contributed by atoms with Crippen LogP contribution in [-0.4, -0.2) is 48.1 Å². The second-order valence-corrected chi connectivity index (χ2v) is 6.23. The summed E-state index contributed by atoms with van der Waals surface area (Å²) in [6, 6.07) is 11.1. The van der Waals surface area contributed by atoms with Crippen LogP contribution in [0.25, 0.3) is 0 Å². The molecule has 1 aliphatic heterocycles. The van der Waals surface area contributed by atoms with E-state index in [1.807, 2.05) is 38.1 Å². The van der Waals surface area contributed by atoms with E-state index in [-0.39, 0.29) is 18.1 Å². The lowest BCUT2D eigenvalue weighted by Gasteiger charge is -2.33. The molecular weight excluding hydrogens is 318 g/mol. The summed E-state index contributed by atoms with van der Waals surface area (Å²) < 4.78 is 11.8. The summed E-state index contributed by atoms with van der Waals surface area (Å²) in [6.45, 7) is 4.87. The van der Waals surface area contributed by atoms with Crippen LogP contribution in [-0.2, 0) is 0 Å². The number of hydrogen-bond donors (Lipinski definition) is 1. The Morgan fingerprint density at radius 1 is 1.32 bits per heavy atom. The van der Waals surface area contributed by atoms with E-state index in [1.54, 1.807) is 30.3 Å². The maximum Gasteiger partial charge on any atom is 0.254 e. The standard InChI is InChI=1S/C19H23N3O3/c1-13(2)22(19(23)14-8-9-21-18(10-14)20-3)11-15-12-24-16-6-4-5-7-17(16)25-15/h4-10,13,15H,11-12H2,1-3H3,(H,20,21)/t15-/m0/s1. The van der Waals surface area contributed by atoms with Gasteiger partial charge in [0.15, 0.2) is 17.6 Å². The Morgan fingerprint density at radius 3 is 2.80 bits per heavy atom. The number of hydrogen-bond acceptors (Lipinski definition) is 5. The predicted octanol–water partition coefficient (Wildman–Crippen LogP) is 2.81. The molecule has 0 spiro atoms. The molecule has 2 heterocycles. The zero-order valence-electron chi connectivity index (χ0n) is 14.7. The molecule has 2 aromatic rings. The minimum atomic E-state index is -0.202. The molecule has 3 rings (SSSR count). The van der Waals surface area contributed by atoms with Crippen molar-refractivity contribution in [1.82, 2.24) is 9.88 Å². The number of nitrogens with one attached hydrogen (secondary N) is 1. The van der Waals surface area contributed by atoms with Crippen molar-refractivity contribution in [2.75, 3.05) is 25.5 Å². The molecule has 0 fully saturated rings. The third-order valence-electron chi connectivity index (χ3n) is 4.12. The highest BCUT2D eigenvalue weighted by atomic mass is 16.6. The molecule has 0 aliphatic carbocycles. The molecule has 1 aromatic carbocycles. The Kier molecular flexibility index (Phi) is 5.07. The van der Waals surface area contributed by atoms with Crippen molar-refractivity contribution in [3.05, 3.63) is 48.2 Å². The molecule has 0 bridgehead atoms. The number of benzene rings is 1. The molecule has 1 atom stereocenters. The van der Waals surface area contributed by atoms with Gasteiger partial charge in [-0.2, -0.15) is 0 Å². The van der Waals surface area contributed by atoms with E-state index in [0.29, 0.717) is 24.5 Å². The van der Waals surface area contributed by atoms with Crippen LogP contribution in [0.5, 0.6) is 11.5 Å². The van der Waals surface area contributed by atoms with Crippen molar-refractivity contribution in [3.63, 3.8) is 0 Å². The van der Waals surface area contributed by atoms with Crippen LogP contribution in [0, 0.1) is 0 Å². The van der Waals surface area contributed by atoms with Crippen LogP contribution in [0.1, 0.15) is 24.2 Å². The average Bonchev–Trinajstić information content (AvgIpc) is 2.65. The Hall–Kier alpha value is -2.76. The molecule has 0 radical (unpaired) electrons. The van der Waals surface area contributed by atoms with Gasteiger partial charge in [-0.15, -0.1) is 0 Å². The number of fused-ring (bicyclic) bond motifs is 1. The number of rotatable bonds is 5. The average molecular weight is 341 g/mol. The molecule has 1 aliphatic rings. The van der Waals surface area contributed by atoms with Gasteiger partial charge in [-0.05, 0) is 38.1 Å². The van der Waals surface area contributed by atoms with Gasteiger partial charge in [0, 0.05) is 24.8 Å². The van der Waals surface area contributed by atoms with Gasteiger partial charge in [0.1, 0.15) is 12.4 Å². The Labute approximate surface area is 147 Å². The number of ether oxygens (including phenoxy) is 2. The maximum atomic E-state index is 12.9. The Balaban J connectivity index is 1.74. The van der Waals surface area contributed by atoms with Crippen molar-refractivity contribution < 1.29 is 14.3 Å². The van der Waals surface area contributed by atoms with Crippen LogP contribution in [0.4, 0.5) is 5.82 Å². The van der Waals surface area contributed by atoms with Gasteiger partial charge in [-0.1, -0.05) is 12.1 Å². The number of para-hydroxylation sites is 2. The second-order valence-electron chi connectivity index (χ2n) is 6.23. The quantitative estimate of drug-likeness (QED) is 0.906. The van der Waals surface area contributed by atoms with E-state index in [1.165, 1.54) is 0 Å². The summed E-state index contributed by atoms with van der Waals surface area (Å²) in [5.74, 6) is 2.09. The van der Waals surface area contributed by atoms with Crippen LogP contribution in [0.2, 0.25) is 0 Å². The van der Waals surface area contributed by atoms with E-state index < -0.39 is 0 Å². The summed E-state index contributed by atoms with van der Waals surface area (Å²) in [5, 5.41) is 2.96. The normalized spacial score (nSPS) is 15.8. The third kappa shape index (κ3) is 3.84. The first-order valence-electron chi connectivity index (χ1n) is 8.41. The maximum absolute atomic E-state index is 12.9. The van der Waals surface area contributed by atoms with Gasteiger partial charge in [0.25, 0.3) is 5.91 Å². The molecule has 132 valence electrons. The molecule has 0 saturated carbocycles. The van der Waals surface area contributed by atoms with Crippen molar-refractivity contribution >= 4 is 11.7 Å². The topological polar surface area (TPSA) is 63.7 Å². The molecule has 6 nitrogen and oxygen atoms in total. The van der Waals surface area contributed by atoms with Crippen molar-refractivity contribution in [1.29, 1.82) is 0 Å². The number of amides is 1. The van der Waals surface area contributed by atoms with E-state index in [2.05, 4.69) is 10.3 Å². The lowest BCUT2D eigenvalue weighted by molar-refractivity contribution is 0.0393. The van der Waals surface area contributed by atoms with Crippen LogP contribution in [0.3, 0.4) is 0 Å². The van der Waals surface area contributed by atoms with Crippen LogP contribution >= 0.6 is 0 Å². The van der Waals surface area contributed by atoms with Crippen molar-refractivity contribution in [2.24, 2.45) is 0 Å². The minimum absolute atomic E-state index is 0.0412. The van der Waals surface area contributed by atoms with E-state index in [0.717, 1.165) is 11.5 Å². The van der Waals surface area contributed by atoms with Crippen molar-refractivity contribution in [2.45, 2.75) is 26.0 Å². The number of carbonyl (C=O) groups excluding carboxylic acids is 1. The zero-order valence-corrected chi connectivity index (χ0v) is 14.7. The number of anilines is 1. The number of pyridine rings is 1. The summed E-state index contributed by atoms with van der Waals surface area (Å²) in [5.41, 5.74) is 0.602. The van der Waals surface area contributed by atoms with Crippen LogP contribution in [0.15, 0.2) is 42.6 Å². The molecular formula is C19H23N3O3. The fourth-order valence-electron chi connectivity index (χ4n) is 2.77. The lowest BCUT2D eigenvalue weighted by atomic mass is 10.1. The molecule has 1 amide bonds. The molecule has 6 heteroatoms. The number of carbonyl (C=O) groups is 1. The van der Waals surface area contributed by atoms with Gasteiger partial charge in [-0.3, -0.25) is 4.79 Å². The van der Waals surface area contributed by atoms with Gasteiger partial charge in [-0.25, -0.2) is 4.98 Å². The largest absolute Gasteiger partial charge is 0.486 e. The SMILES string of the molecule is CNc1cc(C(=O)N(C[C@H]2COc3ccccc3O2)C(C)C)ccn1. The van der Waals surface area contributed by atoms with E-state index >= 15 is 0 Å². The van der Waals surface area contributed by atoms with Crippen LogP contribution < -0.4 is 14.8 Å². The summed E-state index contributed by atoms with van der Waals surface area (Å²) in [6.07, 6.45) is 1.43. The first-order valence-corrected chi connectivity index (χ1v) is 8.41. The van der Waals surface area contributed by atoms with Gasteiger partial charge in [0.05, 0.1) is 6.54 Å². The Morgan fingerprint density at radius 2 is 2.08 bits per heavy atom. The first-order chi connectivity index (χ1) is 12.1. The molecule has 25 heavy (non-hydrogen) atoms. The number of nitrogens with zero attached hydrogens (tertiary/aromatic N) is 2.